The van der Waals surface area contributed by atoms with Gasteiger partial charge in [0.2, 0.25) is 0 Å². The molecule has 1 aliphatic rings. The SMILES string of the molecule is CCS(=O)(=O)c1c(N2CCN(C)CC2C)sc(C#N)c1N. The number of piperazine rings is 1. The first-order chi connectivity index (χ1) is 9.81. The van der Waals surface area contributed by atoms with Gasteiger partial charge in [-0.2, -0.15) is 5.26 Å². The van der Waals surface area contributed by atoms with Gasteiger partial charge < -0.3 is 15.5 Å². The number of nitrogens with zero attached hydrogens (tertiary/aromatic N) is 3. The molecule has 1 fully saturated rings. The predicted octanol–water partition coefficient (Wildman–Crippen LogP) is 1.14. The Hall–Kier alpha value is -1.30. The second kappa shape index (κ2) is 5.83. The molecule has 2 rings (SSSR count). The van der Waals surface area contributed by atoms with Crippen LogP contribution in [0.15, 0.2) is 4.90 Å². The fourth-order valence-electron chi connectivity index (χ4n) is 2.57. The Bertz CT molecular complexity index is 675. The lowest BCUT2D eigenvalue weighted by atomic mass is 10.2. The van der Waals surface area contributed by atoms with Crippen LogP contribution >= 0.6 is 11.3 Å². The summed E-state index contributed by atoms with van der Waals surface area (Å²) in [4.78, 5) is 4.69. The molecule has 1 aliphatic heterocycles. The van der Waals surface area contributed by atoms with Crippen LogP contribution in [-0.4, -0.2) is 51.8 Å². The van der Waals surface area contributed by atoms with E-state index in [1.54, 1.807) is 6.92 Å². The minimum absolute atomic E-state index is 0.0199. The molecule has 0 aliphatic carbocycles. The Morgan fingerprint density at radius 2 is 2.14 bits per heavy atom. The van der Waals surface area contributed by atoms with E-state index in [1.165, 1.54) is 11.3 Å². The van der Waals surface area contributed by atoms with Crippen molar-refractivity contribution >= 4 is 31.9 Å². The lowest BCUT2D eigenvalue weighted by Gasteiger charge is -2.39. The van der Waals surface area contributed by atoms with Crippen molar-refractivity contribution in [3.8, 4) is 6.07 Å². The maximum atomic E-state index is 12.4. The van der Waals surface area contributed by atoms with Gasteiger partial charge in [0.25, 0.3) is 0 Å². The Kier molecular flexibility index (Phi) is 4.46. The van der Waals surface area contributed by atoms with E-state index in [-0.39, 0.29) is 27.3 Å². The zero-order valence-corrected chi connectivity index (χ0v) is 14.1. The summed E-state index contributed by atoms with van der Waals surface area (Å²) in [5.74, 6) is -0.0199. The Balaban J connectivity index is 2.56. The zero-order chi connectivity index (χ0) is 15.8. The van der Waals surface area contributed by atoms with Gasteiger partial charge in [-0.25, -0.2) is 8.42 Å². The van der Waals surface area contributed by atoms with Crippen LogP contribution in [0.25, 0.3) is 0 Å². The standard InChI is InChI=1S/C13H20N4O2S2/c1-4-21(18,19)12-11(15)10(7-14)20-13(12)17-6-5-16(3)8-9(17)2/h9H,4-6,8,15H2,1-3H3. The molecule has 21 heavy (non-hydrogen) atoms. The molecule has 8 heteroatoms. The minimum atomic E-state index is -3.46. The maximum absolute atomic E-state index is 12.4. The molecule has 1 saturated heterocycles. The molecule has 1 unspecified atom stereocenters. The summed E-state index contributed by atoms with van der Waals surface area (Å²) in [5.41, 5.74) is 6.03. The van der Waals surface area contributed by atoms with E-state index >= 15 is 0 Å². The van der Waals surface area contributed by atoms with Crippen LogP contribution in [0.2, 0.25) is 0 Å². The van der Waals surface area contributed by atoms with E-state index in [0.29, 0.717) is 5.00 Å². The van der Waals surface area contributed by atoms with E-state index in [2.05, 4.69) is 16.7 Å². The molecule has 0 saturated carbocycles. The normalized spacial score (nSPS) is 20.5. The van der Waals surface area contributed by atoms with Crippen LogP contribution in [0.1, 0.15) is 18.7 Å². The number of nitriles is 1. The number of sulfone groups is 1. The van der Waals surface area contributed by atoms with Crippen LogP contribution in [-0.2, 0) is 9.84 Å². The number of anilines is 2. The molecule has 1 atom stereocenters. The third-order valence-electron chi connectivity index (χ3n) is 3.77. The van der Waals surface area contributed by atoms with Gasteiger partial charge in [0.15, 0.2) is 9.84 Å². The summed E-state index contributed by atoms with van der Waals surface area (Å²) in [6.45, 7) is 6.09. The molecule has 2 N–H and O–H groups in total. The quantitative estimate of drug-likeness (QED) is 0.894. The van der Waals surface area contributed by atoms with Crippen molar-refractivity contribution in [2.75, 3.05) is 43.1 Å². The molecule has 116 valence electrons. The molecule has 1 aromatic rings. The van der Waals surface area contributed by atoms with Gasteiger partial charge in [-0.05, 0) is 14.0 Å². The number of likely N-dealkylation sites (N-methyl/N-ethyl adjacent to an activating group) is 1. The third kappa shape index (κ3) is 2.86. The molecular weight excluding hydrogens is 308 g/mol. The lowest BCUT2D eigenvalue weighted by molar-refractivity contribution is 0.276. The van der Waals surface area contributed by atoms with Gasteiger partial charge in [0, 0.05) is 25.7 Å². The summed E-state index contributed by atoms with van der Waals surface area (Å²) in [7, 11) is -1.41. The van der Waals surface area contributed by atoms with Gasteiger partial charge >= 0.3 is 0 Å². The van der Waals surface area contributed by atoms with Crippen LogP contribution in [0.5, 0.6) is 0 Å². The number of nitrogen functional groups attached to an aromatic ring is 1. The monoisotopic (exact) mass is 328 g/mol. The number of nitrogens with two attached hydrogens (primary N) is 1. The second-order valence-electron chi connectivity index (χ2n) is 5.30. The molecule has 6 nitrogen and oxygen atoms in total. The van der Waals surface area contributed by atoms with E-state index in [4.69, 9.17) is 11.0 Å². The van der Waals surface area contributed by atoms with Crippen LogP contribution in [0.3, 0.4) is 0 Å². The zero-order valence-electron chi connectivity index (χ0n) is 12.5. The van der Waals surface area contributed by atoms with Gasteiger partial charge in [-0.1, -0.05) is 6.92 Å². The summed E-state index contributed by atoms with van der Waals surface area (Å²) in [6.07, 6.45) is 0. The predicted molar refractivity (Wildman–Crippen MR) is 85.5 cm³/mol. The van der Waals surface area contributed by atoms with Gasteiger partial charge in [0.05, 0.1) is 11.4 Å². The van der Waals surface area contributed by atoms with E-state index < -0.39 is 9.84 Å². The highest BCUT2D eigenvalue weighted by molar-refractivity contribution is 7.91. The Morgan fingerprint density at radius 3 is 2.67 bits per heavy atom. The first-order valence-electron chi connectivity index (χ1n) is 6.82. The van der Waals surface area contributed by atoms with E-state index in [1.807, 2.05) is 13.1 Å². The highest BCUT2D eigenvalue weighted by Gasteiger charge is 2.32. The minimum Gasteiger partial charge on any atom is -0.396 e. The largest absolute Gasteiger partial charge is 0.396 e. The van der Waals surface area contributed by atoms with Gasteiger partial charge in [-0.15, -0.1) is 11.3 Å². The number of hydrogen-bond donors (Lipinski definition) is 1. The molecular formula is C13H20N4O2S2. The van der Waals surface area contributed by atoms with Crippen LogP contribution in [0, 0.1) is 11.3 Å². The fourth-order valence-corrected chi connectivity index (χ4v) is 5.30. The molecule has 2 heterocycles. The molecule has 1 aromatic heterocycles. The summed E-state index contributed by atoms with van der Waals surface area (Å²) >= 11 is 1.18. The Morgan fingerprint density at radius 1 is 1.48 bits per heavy atom. The highest BCUT2D eigenvalue weighted by Crippen LogP contribution is 2.42. The molecule has 0 bridgehead atoms. The van der Waals surface area contributed by atoms with Crippen LogP contribution in [0.4, 0.5) is 10.7 Å². The average molecular weight is 328 g/mol. The number of thiophene rings is 1. The van der Waals surface area contributed by atoms with Crippen LogP contribution < -0.4 is 10.6 Å². The summed E-state index contributed by atoms with van der Waals surface area (Å²) in [5, 5.41) is 9.78. The van der Waals surface area contributed by atoms with Crippen molar-refractivity contribution in [3.63, 3.8) is 0 Å². The fraction of sp³-hybridized carbons (Fsp3) is 0.615. The number of rotatable bonds is 3. The highest BCUT2D eigenvalue weighted by atomic mass is 32.2. The summed E-state index contributed by atoms with van der Waals surface area (Å²) < 4.78 is 24.7. The molecule has 0 spiro atoms. The van der Waals surface area contributed by atoms with Crippen molar-refractivity contribution in [3.05, 3.63) is 4.88 Å². The van der Waals surface area contributed by atoms with Gasteiger partial charge in [-0.3, -0.25) is 0 Å². The van der Waals surface area contributed by atoms with E-state index in [0.717, 1.165) is 19.6 Å². The first kappa shape index (κ1) is 16.1. The maximum Gasteiger partial charge on any atom is 0.183 e. The Labute approximate surface area is 129 Å². The van der Waals surface area contributed by atoms with E-state index in [9.17, 15) is 8.42 Å². The third-order valence-corrected chi connectivity index (χ3v) is 6.84. The second-order valence-corrected chi connectivity index (χ2v) is 8.51. The summed E-state index contributed by atoms with van der Waals surface area (Å²) in [6, 6.07) is 2.19. The van der Waals surface area contributed by atoms with Gasteiger partial charge in [0.1, 0.15) is 20.8 Å². The molecule has 0 radical (unpaired) electrons. The van der Waals surface area contributed by atoms with Crippen molar-refractivity contribution in [2.24, 2.45) is 0 Å². The lowest BCUT2D eigenvalue weighted by Crippen LogP contribution is -2.50. The van der Waals surface area contributed by atoms with Crippen molar-refractivity contribution in [1.82, 2.24) is 4.90 Å². The smallest absolute Gasteiger partial charge is 0.183 e. The molecule has 0 amide bonds. The van der Waals surface area contributed by atoms with Crippen molar-refractivity contribution in [1.29, 1.82) is 5.26 Å². The number of hydrogen-bond acceptors (Lipinski definition) is 7. The van der Waals surface area contributed by atoms with Crippen molar-refractivity contribution in [2.45, 2.75) is 24.8 Å². The average Bonchev–Trinajstić information content (AvgIpc) is 2.76. The van der Waals surface area contributed by atoms with Crippen molar-refractivity contribution < 1.29 is 8.42 Å². The topological polar surface area (TPSA) is 90.4 Å². The molecule has 0 aromatic carbocycles. The first-order valence-corrected chi connectivity index (χ1v) is 9.29.